The highest BCUT2D eigenvalue weighted by Crippen LogP contribution is 2.05. The highest BCUT2D eigenvalue weighted by Gasteiger charge is 2.21. The zero-order valence-electron chi connectivity index (χ0n) is 12.2. The SMILES string of the molecule is CON1CCN(CCC(=O)N2CCN(C)CC2)CC1. The number of hydrogen-bond donors (Lipinski definition) is 0. The first kappa shape index (κ1) is 14.7. The normalized spacial score (nSPS) is 23.8. The molecule has 0 N–H and O–H groups in total. The summed E-state index contributed by atoms with van der Waals surface area (Å²) < 4.78 is 0. The van der Waals surface area contributed by atoms with Crippen molar-refractivity contribution in [3.05, 3.63) is 0 Å². The van der Waals surface area contributed by atoms with Crippen molar-refractivity contribution in [1.29, 1.82) is 0 Å². The number of amides is 1. The smallest absolute Gasteiger partial charge is 0.223 e. The molecule has 2 heterocycles. The van der Waals surface area contributed by atoms with Crippen molar-refractivity contribution in [2.45, 2.75) is 6.42 Å². The van der Waals surface area contributed by atoms with Crippen LogP contribution in [-0.4, -0.2) is 98.7 Å². The molecule has 0 bridgehead atoms. The number of rotatable bonds is 4. The van der Waals surface area contributed by atoms with Crippen LogP contribution in [0.1, 0.15) is 6.42 Å². The van der Waals surface area contributed by atoms with E-state index in [-0.39, 0.29) is 0 Å². The third kappa shape index (κ3) is 4.42. The summed E-state index contributed by atoms with van der Waals surface area (Å²) >= 11 is 0. The zero-order valence-corrected chi connectivity index (χ0v) is 12.2. The van der Waals surface area contributed by atoms with Crippen LogP contribution in [0.3, 0.4) is 0 Å². The maximum Gasteiger partial charge on any atom is 0.223 e. The van der Waals surface area contributed by atoms with Gasteiger partial charge in [0.15, 0.2) is 0 Å². The molecule has 0 aliphatic carbocycles. The molecule has 6 heteroatoms. The highest BCUT2D eigenvalue weighted by molar-refractivity contribution is 5.76. The molecule has 2 aliphatic rings. The fourth-order valence-corrected chi connectivity index (χ4v) is 2.60. The van der Waals surface area contributed by atoms with E-state index in [2.05, 4.69) is 16.8 Å². The van der Waals surface area contributed by atoms with Crippen LogP contribution >= 0.6 is 0 Å². The van der Waals surface area contributed by atoms with E-state index in [1.54, 1.807) is 7.11 Å². The molecule has 0 aromatic carbocycles. The van der Waals surface area contributed by atoms with Gasteiger partial charge in [-0.2, -0.15) is 5.06 Å². The van der Waals surface area contributed by atoms with E-state index in [1.807, 2.05) is 9.96 Å². The largest absolute Gasteiger partial charge is 0.340 e. The summed E-state index contributed by atoms with van der Waals surface area (Å²) in [6, 6.07) is 0. The van der Waals surface area contributed by atoms with E-state index in [0.717, 1.165) is 58.9 Å². The first-order valence-corrected chi connectivity index (χ1v) is 7.17. The van der Waals surface area contributed by atoms with Crippen molar-refractivity contribution in [2.24, 2.45) is 0 Å². The van der Waals surface area contributed by atoms with E-state index in [0.29, 0.717) is 12.3 Å². The lowest BCUT2D eigenvalue weighted by Gasteiger charge is -2.35. The van der Waals surface area contributed by atoms with Crippen molar-refractivity contribution in [1.82, 2.24) is 19.8 Å². The summed E-state index contributed by atoms with van der Waals surface area (Å²) in [6.45, 7) is 8.48. The van der Waals surface area contributed by atoms with Crippen molar-refractivity contribution >= 4 is 5.91 Å². The van der Waals surface area contributed by atoms with Gasteiger partial charge in [0.2, 0.25) is 5.91 Å². The van der Waals surface area contributed by atoms with Crippen molar-refractivity contribution in [2.75, 3.05) is 73.1 Å². The predicted molar refractivity (Wildman–Crippen MR) is 73.7 cm³/mol. The van der Waals surface area contributed by atoms with E-state index in [1.165, 1.54) is 0 Å². The minimum absolute atomic E-state index is 0.308. The van der Waals surface area contributed by atoms with Crippen LogP contribution in [0.25, 0.3) is 0 Å². The second kappa shape index (κ2) is 7.19. The fourth-order valence-electron chi connectivity index (χ4n) is 2.60. The zero-order chi connectivity index (χ0) is 13.7. The summed E-state index contributed by atoms with van der Waals surface area (Å²) in [7, 11) is 3.82. The number of carbonyl (C=O) groups is 1. The Kier molecular flexibility index (Phi) is 5.57. The predicted octanol–water partition coefficient (Wildman–Crippen LogP) is -0.670. The maximum absolute atomic E-state index is 12.1. The Morgan fingerprint density at radius 1 is 1.00 bits per heavy atom. The summed E-state index contributed by atoms with van der Waals surface area (Å²) in [6.07, 6.45) is 0.650. The molecular weight excluding hydrogens is 244 g/mol. The van der Waals surface area contributed by atoms with Crippen molar-refractivity contribution in [3.63, 3.8) is 0 Å². The number of likely N-dealkylation sites (N-methyl/N-ethyl adjacent to an activating group) is 1. The molecule has 19 heavy (non-hydrogen) atoms. The van der Waals surface area contributed by atoms with Crippen LogP contribution in [0.5, 0.6) is 0 Å². The van der Waals surface area contributed by atoms with Crippen LogP contribution in [-0.2, 0) is 9.63 Å². The fraction of sp³-hybridized carbons (Fsp3) is 0.923. The number of carbonyl (C=O) groups excluding carboxylic acids is 1. The molecule has 6 nitrogen and oxygen atoms in total. The first-order valence-electron chi connectivity index (χ1n) is 7.17. The molecular formula is C13H26N4O2. The lowest BCUT2D eigenvalue weighted by atomic mass is 10.2. The Labute approximate surface area is 115 Å². The van der Waals surface area contributed by atoms with Gasteiger partial charge in [-0.3, -0.25) is 4.79 Å². The van der Waals surface area contributed by atoms with E-state index in [4.69, 9.17) is 4.84 Å². The molecule has 0 radical (unpaired) electrons. The van der Waals surface area contributed by atoms with Gasteiger partial charge in [0.05, 0.1) is 7.11 Å². The van der Waals surface area contributed by atoms with E-state index < -0.39 is 0 Å². The maximum atomic E-state index is 12.1. The average Bonchev–Trinajstić information content (AvgIpc) is 2.46. The molecule has 0 aromatic rings. The second-order valence-electron chi connectivity index (χ2n) is 5.39. The molecule has 2 rings (SSSR count). The molecule has 0 atom stereocenters. The summed E-state index contributed by atoms with van der Waals surface area (Å²) in [5.41, 5.74) is 0. The minimum Gasteiger partial charge on any atom is -0.340 e. The monoisotopic (exact) mass is 270 g/mol. The van der Waals surface area contributed by atoms with Crippen molar-refractivity contribution in [3.8, 4) is 0 Å². The van der Waals surface area contributed by atoms with Gasteiger partial charge in [-0.25, -0.2) is 0 Å². The summed E-state index contributed by atoms with van der Waals surface area (Å²) in [4.78, 5) is 23.9. The van der Waals surface area contributed by atoms with Gasteiger partial charge in [-0.15, -0.1) is 0 Å². The van der Waals surface area contributed by atoms with E-state index >= 15 is 0 Å². The Balaban J connectivity index is 1.64. The lowest BCUT2D eigenvalue weighted by molar-refractivity contribution is -0.152. The Hall–Kier alpha value is -0.690. The summed E-state index contributed by atoms with van der Waals surface area (Å²) in [5, 5.41) is 1.97. The molecule has 2 saturated heterocycles. The number of hydroxylamine groups is 2. The van der Waals surface area contributed by atoms with Crippen LogP contribution in [0.4, 0.5) is 0 Å². The third-order valence-electron chi connectivity index (χ3n) is 4.09. The molecule has 0 unspecified atom stereocenters. The third-order valence-corrected chi connectivity index (χ3v) is 4.09. The average molecular weight is 270 g/mol. The number of nitrogens with zero attached hydrogens (tertiary/aromatic N) is 4. The Bertz CT molecular complexity index is 284. The molecule has 2 fully saturated rings. The van der Waals surface area contributed by atoms with Crippen LogP contribution in [0.2, 0.25) is 0 Å². The lowest BCUT2D eigenvalue weighted by Crippen LogP contribution is -2.49. The second-order valence-corrected chi connectivity index (χ2v) is 5.39. The molecule has 0 saturated carbocycles. The number of hydrogen-bond acceptors (Lipinski definition) is 5. The van der Waals surface area contributed by atoms with Crippen LogP contribution < -0.4 is 0 Å². The standard InChI is InChI=1S/C13H26N4O2/c1-14-5-9-16(10-6-14)13(18)3-4-15-7-11-17(19-2)12-8-15/h3-12H2,1-2H3. The Morgan fingerprint density at radius 3 is 2.21 bits per heavy atom. The number of piperazine rings is 2. The van der Waals surface area contributed by atoms with Gasteiger partial charge in [0.1, 0.15) is 0 Å². The molecule has 0 aromatic heterocycles. The quantitative estimate of drug-likeness (QED) is 0.677. The van der Waals surface area contributed by atoms with Gasteiger partial charge < -0.3 is 19.5 Å². The van der Waals surface area contributed by atoms with Gasteiger partial charge in [0, 0.05) is 65.3 Å². The van der Waals surface area contributed by atoms with E-state index in [9.17, 15) is 4.79 Å². The highest BCUT2D eigenvalue weighted by atomic mass is 16.7. The van der Waals surface area contributed by atoms with Crippen LogP contribution in [0.15, 0.2) is 0 Å². The molecule has 1 amide bonds. The van der Waals surface area contributed by atoms with Crippen LogP contribution in [0, 0.1) is 0 Å². The molecule has 0 spiro atoms. The topological polar surface area (TPSA) is 39.3 Å². The van der Waals surface area contributed by atoms with Gasteiger partial charge in [0.25, 0.3) is 0 Å². The van der Waals surface area contributed by atoms with Gasteiger partial charge in [-0.1, -0.05) is 0 Å². The molecule has 110 valence electrons. The molecule has 2 aliphatic heterocycles. The summed E-state index contributed by atoms with van der Waals surface area (Å²) in [5.74, 6) is 0.308. The minimum atomic E-state index is 0.308. The van der Waals surface area contributed by atoms with Crippen molar-refractivity contribution < 1.29 is 9.63 Å². The first-order chi connectivity index (χ1) is 9.19. The Morgan fingerprint density at radius 2 is 1.63 bits per heavy atom. The van der Waals surface area contributed by atoms with Gasteiger partial charge >= 0.3 is 0 Å². The van der Waals surface area contributed by atoms with Gasteiger partial charge in [-0.05, 0) is 7.05 Å².